The Kier molecular flexibility index (Phi) is 7.44. The zero-order chi connectivity index (χ0) is 12.3. The Morgan fingerprint density at radius 1 is 1.06 bits per heavy atom. The quantitative estimate of drug-likeness (QED) is 0.469. The van der Waals surface area contributed by atoms with Gasteiger partial charge in [0.15, 0.2) is 0 Å². The van der Waals surface area contributed by atoms with Gasteiger partial charge in [-0.15, -0.1) is 0 Å². The Morgan fingerprint density at radius 2 is 1.76 bits per heavy atom. The standard InChI is InChI=1S/C15H24O2/c1-14-10-8-6-4-2-3-5-7-9-11-15(16)17-13-12-14/h2,4,7,9,14H,3,5-6,8,10-13H2,1H3/b4-2-,9-7+. The number of carbonyl (C=O) groups excluding carboxylic acids is 1. The third-order valence-electron chi connectivity index (χ3n) is 3.06. The molecule has 0 saturated carbocycles. The molecule has 17 heavy (non-hydrogen) atoms. The number of allylic oxidation sites excluding steroid dienone is 3. The van der Waals surface area contributed by atoms with Gasteiger partial charge in [0.1, 0.15) is 0 Å². The van der Waals surface area contributed by atoms with E-state index < -0.39 is 0 Å². The molecule has 0 aromatic rings. The highest BCUT2D eigenvalue weighted by molar-refractivity contribution is 5.71. The first kappa shape index (κ1) is 14.0. The smallest absolute Gasteiger partial charge is 0.309 e. The molecule has 0 spiro atoms. The van der Waals surface area contributed by atoms with Crippen molar-refractivity contribution in [1.82, 2.24) is 0 Å². The number of hydrogen-bond acceptors (Lipinski definition) is 2. The first-order valence-corrected chi connectivity index (χ1v) is 6.74. The Bertz CT molecular complexity index is 266. The van der Waals surface area contributed by atoms with E-state index in [-0.39, 0.29) is 5.97 Å². The summed E-state index contributed by atoms with van der Waals surface area (Å²) in [6.45, 7) is 2.80. The molecule has 1 heterocycles. The molecule has 1 aliphatic heterocycles. The molecule has 96 valence electrons. The van der Waals surface area contributed by atoms with Gasteiger partial charge in [-0.2, -0.15) is 0 Å². The van der Waals surface area contributed by atoms with Crippen LogP contribution in [0.1, 0.15) is 51.9 Å². The summed E-state index contributed by atoms with van der Waals surface area (Å²) in [6, 6.07) is 0. The van der Waals surface area contributed by atoms with Crippen LogP contribution in [0.15, 0.2) is 24.3 Å². The number of ether oxygens (including phenoxy) is 1. The third-order valence-corrected chi connectivity index (χ3v) is 3.06. The molecule has 0 aliphatic carbocycles. The highest BCUT2D eigenvalue weighted by Crippen LogP contribution is 2.13. The normalized spacial score (nSPS) is 28.5. The fourth-order valence-corrected chi connectivity index (χ4v) is 1.89. The van der Waals surface area contributed by atoms with E-state index in [9.17, 15) is 4.79 Å². The van der Waals surface area contributed by atoms with Crippen molar-refractivity contribution in [2.45, 2.75) is 51.9 Å². The first-order chi connectivity index (χ1) is 8.29. The summed E-state index contributed by atoms with van der Waals surface area (Å²) in [7, 11) is 0. The summed E-state index contributed by atoms with van der Waals surface area (Å²) in [4.78, 5) is 11.3. The fourth-order valence-electron chi connectivity index (χ4n) is 1.89. The molecule has 1 aliphatic rings. The maximum atomic E-state index is 11.3. The van der Waals surface area contributed by atoms with Gasteiger partial charge in [0, 0.05) is 0 Å². The second-order valence-corrected chi connectivity index (χ2v) is 4.77. The van der Waals surface area contributed by atoms with E-state index in [0.29, 0.717) is 18.9 Å². The molecule has 0 saturated heterocycles. The van der Waals surface area contributed by atoms with Crippen LogP contribution < -0.4 is 0 Å². The first-order valence-electron chi connectivity index (χ1n) is 6.74. The number of cyclic esters (lactones) is 1. The van der Waals surface area contributed by atoms with Gasteiger partial charge < -0.3 is 4.74 Å². The van der Waals surface area contributed by atoms with Gasteiger partial charge in [0.05, 0.1) is 13.0 Å². The minimum absolute atomic E-state index is 0.0983. The van der Waals surface area contributed by atoms with Crippen LogP contribution in [0.5, 0.6) is 0 Å². The van der Waals surface area contributed by atoms with Crippen LogP contribution in [0.2, 0.25) is 0 Å². The second-order valence-electron chi connectivity index (χ2n) is 4.77. The molecule has 2 heteroatoms. The molecule has 1 unspecified atom stereocenters. The van der Waals surface area contributed by atoms with E-state index in [1.807, 2.05) is 6.08 Å². The lowest BCUT2D eigenvalue weighted by molar-refractivity contribution is -0.142. The molecule has 0 amide bonds. The second kappa shape index (κ2) is 9.03. The van der Waals surface area contributed by atoms with E-state index in [2.05, 4.69) is 25.2 Å². The van der Waals surface area contributed by atoms with E-state index in [4.69, 9.17) is 4.74 Å². The predicted molar refractivity (Wildman–Crippen MR) is 70.7 cm³/mol. The van der Waals surface area contributed by atoms with E-state index >= 15 is 0 Å². The van der Waals surface area contributed by atoms with Crippen LogP contribution in [0, 0.1) is 5.92 Å². The summed E-state index contributed by atoms with van der Waals surface area (Å²) >= 11 is 0. The Hall–Kier alpha value is -1.05. The molecular formula is C15H24O2. The summed E-state index contributed by atoms with van der Waals surface area (Å²) in [5.74, 6) is 0.552. The van der Waals surface area contributed by atoms with E-state index in [0.717, 1.165) is 19.3 Å². The molecule has 2 nitrogen and oxygen atoms in total. The monoisotopic (exact) mass is 236 g/mol. The molecule has 0 aromatic heterocycles. The van der Waals surface area contributed by atoms with E-state index in [1.54, 1.807) is 0 Å². The van der Waals surface area contributed by atoms with E-state index in [1.165, 1.54) is 19.3 Å². The lowest BCUT2D eigenvalue weighted by Gasteiger charge is -2.10. The summed E-state index contributed by atoms with van der Waals surface area (Å²) in [6.07, 6.45) is 15.6. The molecule has 1 atom stereocenters. The zero-order valence-corrected chi connectivity index (χ0v) is 10.9. The Morgan fingerprint density at radius 3 is 2.59 bits per heavy atom. The van der Waals surface area contributed by atoms with Gasteiger partial charge in [-0.25, -0.2) is 0 Å². The minimum Gasteiger partial charge on any atom is -0.465 e. The van der Waals surface area contributed by atoms with Gasteiger partial charge in [-0.3, -0.25) is 4.79 Å². The Labute approximate surface area is 105 Å². The van der Waals surface area contributed by atoms with Crippen molar-refractivity contribution in [1.29, 1.82) is 0 Å². The van der Waals surface area contributed by atoms with Crippen molar-refractivity contribution in [3.8, 4) is 0 Å². The van der Waals surface area contributed by atoms with Gasteiger partial charge in [-0.05, 0) is 38.0 Å². The van der Waals surface area contributed by atoms with Crippen LogP contribution in [0.3, 0.4) is 0 Å². The van der Waals surface area contributed by atoms with Crippen molar-refractivity contribution < 1.29 is 9.53 Å². The molecule has 1 rings (SSSR count). The van der Waals surface area contributed by atoms with Gasteiger partial charge in [0.25, 0.3) is 0 Å². The lowest BCUT2D eigenvalue weighted by atomic mass is 10.0. The largest absolute Gasteiger partial charge is 0.465 e. The van der Waals surface area contributed by atoms with Crippen LogP contribution in [-0.2, 0) is 9.53 Å². The fraction of sp³-hybridized carbons (Fsp3) is 0.667. The van der Waals surface area contributed by atoms with Crippen LogP contribution in [-0.4, -0.2) is 12.6 Å². The minimum atomic E-state index is -0.0983. The summed E-state index contributed by atoms with van der Waals surface area (Å²) in [5.41, 5.74) is 0. The van der Waals surface area contributed by atoms with Gasteiger partial charge >= 0.3 is 5.97 Å². The highest BCUT2D eigenvalue weighted by atomic mass is 16.5. The highest BCUT2D eigenvalue weighted by Gasteiger charge is 2.04. The number of carbonyl (C=O) groups is 1. The van der Waals surface area contributed by atoms with Crippen molar-refractivity contribution in [3.05, 3.63) is 24.3 Å². The number of esters is 1. The lowest BCUT2D eigenvalue weighted by Crippen LogP contribution is -2.07. The van der Waals surface area contributed by atoms with Crippen LogP contribution >= 0.6 is 0 Å². The zero-order valence-electron chi connectivity index (χ0n) is 10.9. The summed E-state index contributed by atoms with van der Waals surface area (Å²) in [5, 5.41) is 0. The molecule has 0 bridgehead atoms. The van der Waals surface area contributed by atoms with Crippen LogP contribution in [0.25, 0.3) is 0 Å². The number of rotatable bonds is 0. The average Bonchev–Trinajstić information content (AvgIpc) is 2.31. The van der Waals surface area contributed by atoms with Crippen LogP contribution in [0.4, 0.5) is 0 Å². The SMILES string of the molecule is CC1CCC/C=C\CC/C=C/CC(=O)OCC1. The molecule has 0 radical (unpaired) electrons. The number of hydrogen-bond donors (Lipinski definition) is 0. The third kappa shape index (κ3) is 7.78. The average molecular weight is 236 g/mol. The molecular weight excluding hydrogens is 212 g/mol. The van der Waals surface area contributed by atoms with Crippen molar-refractivity contribution in [2.24, 2.45) is 5.92 Å². The van der Waals surface area contributed by atoms with Gasteiger partial charge in [-0.1, -0.05) is 37.6 Å². The maximum Gasteiger partial charge on any atom is 0.309 e. The molecule has 0 fully saturated rings. The Balaban J connectivity index is 2.36. The van der Waals surface area contributed by atoms with Crippen molar-refractivity contribution >= 4 is 5.97 Å². The van der Waals surface area contributed by atoms with Gasteiger partial charge in [0.2, 0.25) is 0 Å². The maximum absolute atomic E-state index is 11.3. The topological polar surface area (TPSA) is 26.3 Å². The molecule has 0 aromatic carbocycles. The molecule has 0 N–H and O–H groups in total. The predicted octanol–water partition coefficient (Wildman–Crippen LogP) is 4.02. The van der Waals surface area contributed by atoms with Crippen molar-refractivity contribution in [3.63, 3.8) is 0 Å². The summed E-state index contributed by atoms with van der Waals surface area (Å²) < 4.78 is 5.18. The van der Waals surface area contributed by atoms with Crippen molar-refractivity contribution in [2.75, 3.05) is 6.61 Å².